The lowest BCUT2D eigenvalue weighted by Crippen LogP contribution is -2.43. The van der Waals surface area contributed by atoms with Gasteiger partial charge < -0.3 is 5.32 Å². The fourth-order valence-electron chi connectivity index (χ4n) is 1.79. The highest BCUT2D eigenvalue weighted by Gasteiger charge is 2.25. The molecule has 13 heavy (non-hydrogen) atoms. The van der Waals surface area contributed by atoms with Crippen molar-refractivity contribution in [2.75, 3.05) is 0 Å². The fourth-order valence-corrected chi connectivity index (χ4v) is 1.79. The molecule has 0 amide bonds. The third kappa shape index (κ3) is 1.59. The van der Waals surface area contributed by atoms with Crippen LogP contribution in [0.5, 0.6) is 0 Å². The van der Waals surface area contributed by atoms with Gasteiger partial charge in [-0.3, -0.25) is 0 Å². The minimum absolute atomic E-state index is 0.115. The number of halogens is 1. The first-order chi connectivity index (χ1) is 6.16. The molecule has 1 aromatic carbocycles. The molecule has 0 radical (unpaired) electrons. The summed E-state index contributed by atoms with van der Waals surface area (Å²) >= 11 is 0. The summed E-state index contributed by atoms with van der Waals surface area (Å²) in [7, 11) is 0. The third-order valence-corrected chi connectivity index (χ3v) is 2.66. The van der Waals surface area contributed by atoms with Crippen LogP contribution in [0.15, 0.2) is 18.2 Å². The Bertz CT molecular complexity index is 316. The first-order valence-electron chi connectivity index (χ1n) is 4.69. The Morgan fingerprint density at radius 3 is 2.69 bits per heavy atom. The second kappa shape index (κ2) is 3.11. The van der Waals surface area contributed by atoms with Gasteiger partial charge in [0.15, 0.2) is 0 Å². The van der Waals surface area contributed by atoms with Crippen LogP contribution < -0.4 is 5.32 Å². The Morgan fingerprint density at radius 2 is 2.15 bits per heavy atom. The van der Waals surface area contributed by atoms with E-state index in [0.29, 0.717) is 12.1 Å². The number of aryl methyl sites for hydroxylation is 1. The van der Waals surface area contributed by atoms with Crippen LogP contribution in [0.3, 0.4) is 0 Å². The number of rotatable bonds is 1. The number of hydrogen-bond acceptors (Lipinski definition) is 1. The molecule has 2 heteroatoms. The maximum absolute atomic E-state index is 12.9. The Balaban J connectivity index is 2.18. The SMILES string of the molecule is Cc1cc(C2CC(C)N2)ccc1F. The van der Waals surface area contributed by atoms with Gasteiger partial charge in [-0.15, -0.1) is 0 Å². The first-order valence-corrected chi connectivity index (χ1v) is 4.69. The largest absolute Gasteiger partial charge is 0.307 e. The van der Waals surface area contributed by atoms with Gasteiger partial charge in [-0.05, 0) is 37.5 Å². The van der Waals surface area contributed by atoms with Gasteiger partial charge in [-0.1, -0.05) is 12.1 Å². The molecule has 0 aliphatic carbocycles. The molecule has 2 atom stereocenters. The lowest BCUT2D eigenvalue weighted by molar-refractivity contribution is 0.287. The lowest BCUT2D eigenvalue weighted by atomic mass is 9.91. The molecule has 1 aliphatic rings. The van der Waals surface area contributed by atoms with Crippen molar-refractivity contribution < 1.29 is 4.39 Å². The van der Waals surface area contributed by atoms with E-state index in [4.69, 9.17) is 0 Å². The summed E-state index contributed by atoms with van der Waals surface area (Å²) in [5.41, 5.74) is 1.94. The van der Waals surface area contributed by atoms with E-state index >= 15 is 0 Å². The molecule has 2 rings (SSSR count). The van der Waals surface area contributed by atoms with Crippen molar-refractivity contribution in [1.82, 2.24) is 5.32 Å². The molecule has 70 valence electrons. The average Bonchev–Trinajstić information content (AvgIpc) is 2.05. The second-order valence-corrected chi connectivity index (χ2v) is 3.86. The van der Waals surface area contributed by atoms with Crippen molar-refractivity contribution in [3.8, 4) is 0 Å². The quantitative estimate of drug-likeness (QED) is 0.698. The summed E-state index contributed by atoms with van der Waals surface area (Å²) in [5, 5.41) is 3.38. The third-order valence-electron chi connectivity index (χ3n) is 2.66. The summed E-state index contributed by atoms with van der Waals surface area (Å²) in [6, 6.07) is 6.39. The highest BCUT2D eigenvalue weighted by Crippen LogP contribution is 2.28. The van der Waals surface area contributed by atoms with E-state index in [0.717, 1.165) is 12.0 Å². The van der Waals surface area contributed by atoms with Gasteiger partial charge in [0.05, 0.1) is 0 Å². The molecule has 0 saturated carbocycles. The topological polar surface area (TPSA) is 12.0 Å². The molecule has 1 saturated heterocycles. The summed E-state index contributed by atoms with van der Waals surface area (Å²) < 4.78 is 12.9. The van der Waals surface area contributed by atoms with E-state index < -0.39 is 0 Å². The van der Waals surface area contributed by atoms with Gasteiger partial charge in [0, 0.05) is 12.1 Å². The smallest absolute Gasteiger partial charge is 0.126 e. The monoisotopic (exact) mass is 179 g/mol. The maximum Gasteiger partial charge on any atom is 0.126 e. The van der Waals surface area contributed by atoms with Gasteiger partial charge in [0.2, 0.25) is 0 Å². The molecule has 2 unspecified atom stereocenters. The van der Waals surface area contributed by atoms with Crippen molar-refractivity contribution in [2.24, 2.45) is 0 Å². The molecule has 1 nitrogen and oxygen atoms in total. The second-order valence-electron chi connectivity index (χ2n) is 3.86. The number of hydrogen-bond donors (Lipinski definition) is 1. The highest BCUT2D eigenvalue weighted by atomic mass is 19.1. The van der Waals surface area contributed by atoms with Crippen LogP contribution in [-0.4, -0.2) is 6.04 Å². The highest BCUT2D eigenvalue weighted by molar-refractivity contribution is 5.28. The van der Waals surface area contributed by atoms with Crippen LogP contribution in [0.25, 0.3) is 0 Å². The molecule has 1 aliphatic heterocycles. The van der Waals surface area contributed by atoms with Crippen molar-refractivity contribution in [1.29, 1.82) is 0 Å². The van der Waals surface area contributed by atoms with Crippen LogP contribution in [-0.2, 0) is 0 Å². The zero-order chi connectivity index (χ0) is 9.42. The molecule has 1 fully saturated rings. The average molecular weight is 179 g/mol. The minimum Gasteiger partial charge on any atom is -0.307 e. The minimum atomic E-state index is -0.115. The molecular formula is C11H14FN. The molecule has 1 heterocycles. The van der Waals surface area contributed by atoms with Crippen molar-refractivity contribution in [2.45, 2.75) is 32.4 Å². The molecule has 0 spiro atoms. The standard InChI is InChI=1S/C11H14FN/c1-7-5-9(3-4-10(7)12)11-6-8(2)13-11/h3-5,8,11,13H,6H2,1-2H3. The van der Waals surface area contributed by atoms with Gasteiger partial charge in [-0.2, -0.15) is 0 Å². The lowest BCUT2D eigenvalue weighted by Gasteiger charge is -2.35. The summed E-state index contributed by atoms with van der Waals surface area (Å²) in [4.78, 5) is 0. The Kier molecular flexibility index (Phi) is 2.08. The number of nitrogens with one attached hydrogen (secondary N) is 1. The van der Waals surface area contributed by atoms with Crippen LogP contribution in [0.1, 0.15) is 30.5 Å². The van der Waals surface area contributed by atoms with Crippen LogP contribution in [0.4, 0.5) is 4.39 Å². The summed E-state index contributed by atoms with van der Waals surface area (Å²) in [6.07, 6.45) is 1.16. The summed E-state index contributed by atoms with van der Waals surface area (Å²) in [5.74, 6) is -0.115. The first kappa shape index (κ1) is 8.70. The van der Waals surface area contributed by atoms with Crippen LogP contribution in [0, 0.1) is 12.7 Å². The summed E-state index contributed by atoms with van der Waals surface area (Å²) in [6.45, 7) is 3.97. The number of benzene rings is 1. The van der Waals surface area contributed by atoms with Crippen molar-refractivity contribution in [3.05, 3.63) is 35.1 Å². The maximum atomic E-state index is 12.9. The van der Waals surface area contributed by atoms with Crippen LogP contribution >= 0.6 is 0 Å². The van der Waals surface area contributed by atoms with Gasteiger partial charge >= 0.3 is 0 Å². The fraction of sp³-hybridized carbons (Fsp3) is 0.455. The Morgan fingerprint density at radius 1 is 1.46 bits per heavy atom. The normalized spacial score (nSPS) is 27.0. The molecule has 0 bridgehead atoms. The van der Waals surface area contributed by atoms with Gasteiger partial charge in [-0.25, -0.2) is 4.39 Å². The van der Waals surface area contributed by atoms with Crippen LogP contribution in [0.2, 0.25) is 0 Å². The predicted molar refractivity (Wildman–Crippen MR) is 51.1 cm³/mol. The van der Waals surface area contributed by atoms with E-state index in [1.165, 1.54) is 5.56 Å². The van der Waals surface area contributed by atoms with E-state index in [2.05, 4.69) is 12.2 Å². The van der Waals surface area contributed by atoms with Crippen molar-refractivity contribution in [3.63, 3.8) is 0 Å². The molecule has 0 aromatic heterocycles. The Labute approximate surface area is 78.0 Å². The molecule has 1 N–H and O–H groups in total. The van der Waals surface area contributed by atoms with E-state index in [1.807, 2.05) is 12.1 Å². The molecular weight excluding hydrogens is 165 g/mol. The Hall–Kier alpha value is -0.890. The van der Waals surface area contributed by atoms with Crippen molar-refractivity contribution >= 4 is 0 Å². The predicted octanol–water partition coefficient (Wildman–Crippen LogP) is 2.56. The van der Waals surface area contributed by atoms with E-state index in [-0.39, 0.29) is 5.82 Å². The molecule has 1 aromatic rings. The van der Waals surface area contributed by atoms with E-state index in [1.54, 1.807) is 13.0 Å². The van der Waals surface area contributed by atoms with Gasteiger partial charge in [0.25, 0.3) is 0 Å². The van der Waals surface area contributed by atoms with Gasteiger partial charge in [0.1, 0.15) is 5.82 Å². The zero-order valence-corrected chi connectivity index (χ0v) is 7.97. The van der Waals surface area contributed by atoms with E-state index in [9.17, 15) is 4.39 Å². The zero-order valence-electron chi connectivity index (χ0n) is 7.97.